The third kappa shape index (κ3) is 16.1. The highest BCUT2D eigenvalue weighted by Gasteiger charge is 2.25. The van der Waals surface area contributed by atoms with E-state index in [9.17, 15) is 9.90 Å². The Hall–Kier alpha value is -1.85. The highest BCUT2D eigenvalue weighted by atomic mass is 32.1. The Kier molecular flexibility index (Phi) is 20.4. The van der Waals surface area contributed by atoms with E-state index >= 15 is 0 Å². The summed E-state index contributed by atoms with van der Waals surface area (Å²) in [5.74, 6) is -0.170. The Morgan fingerprint density at radius 2 is 1.43 bits per heavy atom. The van der Waals surface area contributed by atoms with Gasteiger partial charge >= 0.3 is 5.97 Å². The number of rotatable bonds is 22. The molecule has 0 saturated heterocycles. The molecule has 0 amide bonds. The van der Waals surface area contributed by atoms with E-state index in [0.29, 0.717) is 18.2 Å². The molecule has 0 aliphatic heterocycles. The van der Waals surface area contributed by atoms with E-state index in [4.69, 9.17) is 5.11 Å². The average molecular weight is 600 g/mol. The van der Waals surface area contributed by atoms with Crippen LogP contribution in [-0.4, -0.2) is 40.2 Å². The number of carboxylic acid groups (broad SMARTS) is 1. The molecule has 1 aromatic heterocycles. The number of unbranched alkanes of at least 4 members (excludes halogenated alkanes) is 14. The summed E-state index contributed by atoms with van der Waals surface area (Å²) >= 11 is 1.86. The first kappa shape index (κ1) is 36.3. The van der Waals surface area contributed by atoms with Crippen molar-refractivity contribution in [3.05, 3.63) is 51.7 Å². The van der Waals surface area contributed by atoms with E-state index in [1.165, 1.54) is 112 Å². The fraction of sp³-hybridized carbons (Fsp3) is 0.703. The van der Waals surface area contributed by atoms with Crippen molar-refractivity contribution in [2.45, 2.75) is 155 Å². The fourth-order valence-electron chi connectivity index (χ4n) is 6.20. The van der Waals surface area contributed by atoms with Crippen molar-refractivity contribution in [3.8, 4) is 5.75 Å². The topological polar surface area (TPSA) is 60.8 Å². The monoisotopic (exact) mass is 599 g/mol. The lowest BCUT2D eigenvalue weighted by Crippen LogP contribution is -2.41. The number of hydrogen-bond acceptors (Lipinski definition) is 4. The van der Waals surface area contributed by atoms with Crippen LogP contribution in [0.4, 0.5) is 0 Å². The first-order chi connectivity index (χ1) is 20.5. The minimum Gasteiger partial charge on any atom is -0.508 e. The Morgan fingerprint density at radius 1 is 0.810 bits per heavy atom. The summed E-state index contributed by atoms with van der Waals surface area (Å²) in [6.07, 6.45) is 25.8. The van der Waals surface area contributed by atoms with Crippen molar-refractivity contribution in [3.63, 3.8) is 0 Å². The maximum absolute atomic E-state index is 10.3. The van der Waals surface area contributed by atoms with Gasteiger partial charge in [0.2, 0.25) is 0 Å². The standard InChI is InChI=1S/C19H25NOS.C18H36O2/c1-2-11-20(12-10-17-6-4-13-22-17)16-8-9-18-15(14-16)5-3-7-19(18)21;1-2-3-4-5-6-7-8-9-10-11-12-13-14-15-16-17-18(19)20/h3-7,13,16,21H,2,8-12,14H2,1H3;2-17H2,1H3,(H,19,20)/t16-;/m0./s1. The van der Waals surface area contributed by atoms with Crippen LogP contribution >= 0.6 is 11.3 Å². The molecule has 1 aromatic carbocycles. The van der Waals surface area contributed by atoms with Gasteiger partial charge < -0.3 is 10.2 Å². The third-order valence-corrected chi connectivity index (χ3v) is 9.61. The molecule has 0 saturated carbocycles. The molecular formula is C37H61NO3S. The van der Waals surface area contributed by atoms with E-state index in [2.05, 4.69) is 42.3 Å². The Balaban J connectivity index is 0.000000296. The van der Waals surface area contributed by atoms with Crippen molar-refractivity contribution >= 4 is 17.3 Å². The molecule has 2 aromatic rings. The number of aromatic hydroxyl groups is 1. The highest BCUT2D eigenvalue weighted by molar-refractivity contribution is 7.09. The molecule has 0 fully saturated rings. The summed E-state index contributed by atoms with van der Waals surface area (Å²) in [5, 5.41) is 20.7. The summed E-state index contributed by atoms with van der Waals surface area (Å²) < 4.78 is 0. The van der Waals surface area contributed by atoms with Gasteiger partial charge in [0.25, 0.3) is 0 Å². The van der Waals surface area contributed by atoms with Gasteiger partial charge in [-0.2, -0.15) is 0 Å². The van der Waals surface area contributed by atoms with Crippen molar-refractivity contribution in [1.82, 2.24) is 4.90 Å². The van der Waals surface area contributed by atoms with Crippen LogP contribution in [-0.2, 0) is 24.1 Å². The smallest absolute Gasteiger partial charge is 0.303 e. The van der Waals surface area contributed by atoms with Crippen molar-refractivity contribution in [2.75, 3.05) is 13.1 Å². The van der Waals surface area contributed by atoms with E-state index in [1.54, 1.807) is 0 Å². The zero-order chi connectivity index (χ0) is 30.3. The summed E-state index contributed by atoms with van der Waals surface area (Å²) in [4.78, 5) is 14.5. The van der Waals surface area contributed by atoms with Crippen LogP contribution in [0.15, 0.2) is 35.7 Å². The second-order valence-electron chi connectivity index (χ2n) is 12.3. The number of phenols is 1. The summed E-state index contributed by atoms with van der Waals surface area (Å²) in [5.41, 5.74) is 2.52. The highest BCUT2D eigenvalue weighted by Crippen LogP contribution is 2.31. The van der Waals surface area contributed by atoms with Gasteiger partial charge in [-0.25, -0.2) is 0 Å². The quantitative estimate of drug-likeness (QED) is 0.132. The van der Waals surface area contributed by atoms with Crippen LogP contribution in [0.3, 0.4) is 0 Å². The Bertz CT molecular complexity index is 929. The minimum atomic E-state index is -0.653. The average Bonchev–Trinajstić information content (AvgIpc) is 3.51. The molecule has 0 unspecified atom stereocenters. The number of fused-ring (bicyclic) bond motifs is 1. The normalized spacial score (nSPS) is 14.4. The van der Waals surface area contributed by atoms with Crippen LogP contribution < -0.4 is 0 Å². The predicted molar refractivity (Wildman–Crippen MR) is 181 cm³/mol. The fourth-order valence-corrected chi connectivity index (χ4v) is 6.90. The molecule has 1 heterocycles. The first-order valence-electron chi connectivity index (χ1n) is 17.3. The molecule has 2 N–H and O–H groups in total. The first-order valence-corrected chi connectivity index (χ1v) is 18.2. The number of phenolic OH excluding ortho intramolecular Hbond substituents is 1. The number of carboxylic acids is 1. The number of aliphatic carboxylic acids is 1. The second kappa shape index (κ2) is 23.6. The summed E-state index contributed by atoms with van der Waals surface area (Å²) in [6.45, 7) is 6.85. The summed E-state index contributed by atoms with van der Waals surface area (Å²) in [7, 11) is 0. The Labute approximate surface area is 261 Å². The molecule has 1 atom stereocenters. The Morgan fingerprint density at radius 3 is 1.98 bits per heavy atom. The van der Waals surface area contributed by atoms with Gasteiger partial charge in [-0.05, 0) is 73.7 Å². The van der Waals surface area contributed by atoms with E-state index in [-0.39, 0.29) is 0 Å². The van der Waals surface area contributed by atoms with Crippen LogP contribution in [0.5, 0.6) is 5.75 Å². The van der Waals surface area contributed by atoms with Gasteiger partial charge in [0.15, 0.2) is 0 Å². The molecule has 42 heavy (non-hydrogen) atoms. The molecular weight excluding hydrogens is 538 g/mol. The van der Waals surface area contributed by atoms with Gasteiger partial charge in [-0.15, -0.1) is 11.3 Å². The molecule has 1 aliphatic carbocycles. The minimum absolute atomic E-state index is 0.345. The lowest BCUT2D eigenvalue weighted by atomic mass is 9.86. The van der Waals surface area contributed by atoms with Gasteiger partial charge in [0, 0.05) is 23.9 Å². The third-order valence-electron chi connectivity index (χ3n) is 8.68. The van der Waals surface area contributed by atoms with Crippen LogP contribution in [0, 0.1) is 0 Å². The molecule has 238 valence electrons. The molecule has 0 spiro atoms. The number of carbonyl (C=O) groups is 1. The SMILES string of the molecule is CCCCCCCCCCCCCCCCCC(=O)O.CCCN(CCc1cccs1)[C@H]1CCc2c(O)cccc2C1. The summed E-state index contributed by atoms with van der Waals surface area (Å²) in [6, 6.07) is 11.0. The largest absolute Gasteiger partial charge is 0.508 e. The van der Waals surface area contributed by atoms with Crippen molar-refractivity contribution < 1.29 is 15.0 Å². The molecule has 1 aliphatic rings. The van der Waals surface area contributed by atoms with E-state index < -0.39 is 5.97 Å². The number of benzene rings is 1. The second-order valence-corrected chi connectivity index (χ2v) is 13.3. The van der Waals surface area contributed by atoms with E-state index in [1.807, 2.05) is 23.5 Å². The molecule has 3 rings (SSSR count). The zero-order valence-electron chi connectivity index (χ0n) is 27.0. The number of thiophene rings is 1. The maximum Gasteiger partial charge on any atom is 0.303 e. The molecule has 5 heteroatoms. The zero-order valence-corrected chi connectivity index (χ0v) is 27.8. The van der Waals surface area contributed by atoms with Crippen LogP contribution in [0.2, 0.25) is 0 Å². The number of nitrogens with zero attached hydrogens (tertiary/aromatic N) is 1. The maximum atomic E-state index is 10.3. The number of hydrogen-bond donors (Lipinski definition) is 2. The van der Waals surface area contributed by atoms with Gasteiger partial charge in [0.05, 0.1) is 0 Å². The van der Waals surface area contributed by atoms with Crippen LogP contribution in [0.25, 0.3) is 0 Å². The van der Waals surface area contributed by atoms with Crippen molar-refractivity contribution in [1.29, 1.82) is 0 Å². The van der Waals surface area contributed by atoms with Gasteiger partial charge in [-0.1, -0.05) is 122 Å². The van der Waals surface area contributed by atoms with Crippen molar-refractivity contribution in [2.24, 2.45) is 0 Å². The van der Waals surface area contributed by atoms with E-state index in [0.717, 1.165) is 45.1 Å². The lowest BCUT2D eigenvalue weighted by molar-refractivity contribution is -0.137. The van der Waals surface area contributed by atoms with Gasteiger partial charge in [-0.3, -0.25) is 9.69 Å². The molecule has 4 nitrogen and oxygen atoms in total. The molecule has 0 bridgehead atoms. The van der Waals surface area contributed by atoms with Crippen LogP contribution in [0.1, 0.15) is 145 Å². The van der Waals surface area contributed by atoms with Gasteiger partial charge in [0.1, 0.15) is 5.75 Å². The lowest BCUT2D eigenvalue weighted by Gasteiger charge is -2.35. The predicted octanol–water partition coefficient (Wildman–Crippen LogP) is 10.6. The molecule has 0 radical (unpaired) electrons.